The van der Waals surface area contributed by atoms with E-state index >= 15 is 0 Å². The number of aliphatic hydroxyl groups excluding tert-OH is 2. The third-order valence-corrected chi connectivity index (χ3v) is 4.05. The van der Waals surface area contributed by atoms with Gasteiger partial charge in [-0.1, -0.05) is 24.3 Å². The first-order chi connectivity index (χ1) is 16.5. The Hall–Kier alpha value is -4.61. The van der Waals surface area contributed by atoms with Crippen molar-refractivity contribution in [1.29, 1.82) is 0 Å². The van der Waals surface area contributed by atoms with Crippen molar-refractivity contribution in [1.82, 2.24) is 0 Å². The van der Waals surface area contributed by atoms with Gasteiger partial charge in [0.1, 0.15) is 23.0 Å². The molecule has 2 aromatic heterocycles. The molecule has 0 amide bonds. The van der Waals surface area contributed by atoms with Crippen LogP contribution in [-0.4, -0.2) is 44.7 Å². The summed E-state index contributed by atoms with van der Waals surface area (Å²) in [6.45, 7) is 0. The Morgan fingerprint density at radius 2 is 1.00 bits per heavy atom. The zero-order valence-corrected chi connectivity index (χ0v) is 19.0. The van der Waals surface area contributed by atoms with E-state index < -0.39 is 0 Å². The van der Waals surface area contributed by atoms with Crippen LogP contribution in [0.3, 0.4) is 0 Å². The number of furan rings is 2. The van der Waals surface area contributed by atoms with Crippen molar-refractivity contribution < 1.29 is 46.0 Å². The summed E-state index contributed by atoms with van der Waals surface area (Å²) in [5.41, 5.74) is 0.452. The molecule has 0 aliphatic rings. The number of hydrogen-bond donors (Lipinski definition) is 4. The minimum atomic E-state index is -0.356. The molecule has 35 heavy (non-hydrogen) atoms. The molecule has 1 radical (unpaired) electrons. The van der Waals surface area contributed by atoms with Gasteiger partial charge in [-0.3, -0.25) is 0 Å². The minimum Gasteiger partial charge on any atom is -0.507 e. The Morgan fingerprint density at radius 3 is 1.34 bits per heavy atom. The molecule has 2 aromatic carbocycles. The third kappa shape index (κ3) is 8.35. The van der Waals surface area contributed by atoms with Gasteiger partial charge in [0.05, 0.1) is 36.1 Å². The molecular weight excluding hydrogens is 499 g/mol. The standard InChI is InChI=1S/2C12H10N2O3.Co/c2*15-11-6-2-1-5-10(11)12(16)14-13-8-9-4-3-7-17-9;/h2*1-8,15H,(H,14,16);/b2*13-8+;. The molecule has 4 aromatic rings. The summed E-state index contributed by atoms with van der Waals surface area (Å²) >= 11 is 0. The van der Waals surface area contributed by atoms with Gasteiger partial charge in [-0.15, -0.1) is 10.2 Å². The molecule has 4 N–H and O–H groups in total. The maximum absolute atomic E-state index is 9.58. The molecule has 0 aliphatic carbocycles. The second-order valence-corrected chi connectivity index (χ2v) is 6.40. The Balaban J connectivity index is 0.000000240. The summed E-state index contributed by atoms with van der Waals surface area (Å²) in [4.78, 5) is 0. The van der Waals surface area contributed by atoms with E-state index in [1.54, 1.807) is 48.5 Å². The van der Waals surface area contributed by atoms with Gasteiger partial charge in [0.15, 0.2) is 0 Å². The normalized spacial score (nSPS) is 11.8. The maximum atomic E-state index is 9.58. The summed E-state index contributed by atoms with van der Waals surface area (Å²) in [6, 6.07) is 19.5. The summed E-state index contributed by atoms with van der Waals surface area (Å²) in [6.07, 6.45) is 5.73. The topological polar surface area (TPSA) is 157 Å². The van der Waals surface area contributed by atoms with Gasteiger partial charge in [-0.05, 0) is 48.5 Å². The first kappa shape index (κ1) is 26.6. The van der Waals surface area contributed by atoms with E-state index in [0.717, 1.165) is 0 Å². The SMILES string of the molecule is O/C(=N/N=C/c1ccco1)c1ccccc1O.O/C(=N/N=C/c1ccco1)c1ccccc1O.[Co]. The maximum Gasteiger partial charge on any atom is 0.242 e. The molecule has 0 spiro atoms. The molecule has 0 aliphatic heterocycles. The molecule has 0 bridgehead atoms. The van der Waals surface area contributed by atoms with Gasteiger partial charge in [-0.25, -0.2) is 0 Å². The number of phenolic OH excluding ortho intramolecular Hbond substituents is 2. The largest absolute Gasteiger partial charge is 0.507 e. The van der Waals surface area contributed by atoms with Gasteiger partial charge in [0.2, 0.25) is 11.8 Å². The van der Waals surface area contributed by atoms with Gasteiger partial charge in [-0.2, -0.15) is 10.2 Å². The van der Waals surface area contributed by atoms with Crippen LogP contribution in [0.1, 0.15) is 22.6 Å². The molecule has 4 rings (SSSR count). The average Bonchev–Trinajstić information content (AvgIpc) is 3.55. The fourth-order valence-corrected chi connectivity index (χ4v) is 2.44. The summed E-state index contributed by atoms with van der Waals surface area (Å²) in [5, 5.41) is 52.4. The van der Waals surface area contributed by atoms with Crippen molar-refractivity contribution in [2.24, 2.45) is 20.4 Å². The number of hydrogen-bond acceptors (Lipinski definition) is 8. The second kappa shape index (κ2) is 13.8. The molecule has 0 saturated carbocycles. The Morgan fingerprint density at radius 1 is 0.600 bits per heavy atom. The first-order valence-corrected chi connectivity index (χ1v) is 9.78. The Kier molecular flexibility index (Phi) is 10.5. The van der Waals surface area contributed by atoms with Crippen molar-refractivity contribution in [2.75, 3.05) is 0 Å². The first-order valence-electron chi connectivity index (χ1n) is 9.78. The van der Waals surface area contributed by atoms with Crippen LogP contribution in [0.15, 0.2) is 115 Å². The molecule has 0 atom stereocenters. The van der Waals surface area contributed by atoms with Gasteiger partial charge in [0.25, 0.3) is 0 Å². The smallest absolute Gasteiger partial charge is 0.242 e. The number of phenols is 2. The fraction of sp³-hybridized carbons (Fsp3) is 0. The van der Waals surface area contributed by atoms with Crippen LogP contribution in [0.4, 0.5) is 0 Å². The molecule has 0 fully saturated rings. The number of benzene rings is 2. The summed E-state index contributed by atoms with van der Waals surface area (Å²) in [5.74, 6) is 0.235. The van der Waals surface area contributed by atoms with Crippen LogP contribution in [-0.2, 0) is 16.8 Å². The van der Waals surface area contributed by atoms with Gasteiger partial charge >= 0.3 is 0 Å². The average molecular weight is 519 g/mol. The van der Waals surface area contributed by atoms with Crippen molar-refractivity contribution in [2.45, 2.75) is 0 Å². The molecule has 181 valence electrons. The second-order valence-electron chi connectivity index (χ2n) is 6.40. The zero-order chi connectivity index (χ0) is 24.2. The van der Waals surface area contributed by atoms with Crippen LogP contribution in [0.5, 0.6) is 11.5 Å². The van der Waals surface area contributed by atoms with E-state index in [9.17, 15) is 20.4 Å². The summed E-state index contributed by atoms with van der Waals surface area (Å²) < 4.78 is 9.99. The number of rotatable bonds is 6. The van der Waals surface area contributed by atoms with Crippen LogP contribution in [0.25, 0.3) is 0 Å². The number of aromatic hydroxyl groups is 2. The fourth-order valence-electron chi connectivity index (χ4n) is 2.44. The molecule has 2 heterocycles. The van der Waals surface area contributed by atoms with E-state index in [0.29, 0.717) is 11.5 Å². The van der Waals surface area contributed by atoms with E-state index in [-0.39, 0.29) is 51.2 Å². The Bertz CT molecular complexity index is 1200. The van der Waals surface area contributed by atoms with Gasteiger partial charge < -0.3 is 29.3 Å². The minimum absolute atomic E-state index is 0. The predicted molar refractivity (Wildman–Crippen MR) is 127 cm³/mol. The van der Waals surface area contributed by atoms with Gasteiger partial charge in [0, 0.05) is 16.8 Å². The van der Waals surface area contributed by atoms with E-state index in [1.165, 1.54) is 49.2 Å². The number of aliphatic hydroxyl groups is 2. The third-order valence-electron chi connectivity index (χ3n) is 4.05. The Labute approximate surface area is 210 Å². The summed E-state index contributed by atoms with van der Waals surface area (Å²) in [7, 11) is 0. The molecule has 10 nitrogen and oxygen atoms in total. The molecular formula is C24H20CoN4O6. The van der Waals surface area contributed by atoms with Crippen molar-refractivity contribution in [3.63, 3.8) is 0 Å². The van der Waals surface area contributed by atoms with Crippen molar-refractivity contribution >= 4 is 24.2 Å². The molecule has 11 heteroatoms. The van der Waals surface area contributed by atoms with E-state index in [1.807, 2.05) is 0 Å². The van der Waals surface area contributed by atoms with Crippen LogP contribution < -0.4 is 0 Å². The number of nitrogens with zero attached hydrogens (tertiary/aromatic N) is 4. The van der Waals surface area contributed by atoms with E-state index in [2.05, 4.69) is 20.4 Å². The van der Waals surface area contributed by atoms with Crippen molar-refractivity contribution in [3.05, 3.63) is 108 Å². The van der Waals surface area contributed by atoms with Crippen LogP contribution in [0, 0.1) is 0 Å². The molecule has 0 unspecified atom stereocenters. The predicted octanol–water partition coefficient (Wildman–Crippen LogP) is 4.65. The van der Waals surface area contributed by atoms with Crippen LogP contribution in [0.2, 0.25) is 0 Å². The zero-order valence-electron chi connectivity index (χ0n) is 18.0. The monoisotopic (exact) mass is 519 g/mol. The number of para-hydroxylation sites is 2. The van der Waals surface area contributed by atoms with Crippen molar-refractivity contribution in [3.8, 4) is 11.5 Å². The van der Waals surface area contributed by atoms with Crippen LogP contribution >= 0.6 is 0 Å². The van der Waals surface area contributed by atoms with E-state index in [4.69, 9.17) is 8.83 Å². The molecule has 0 saturated heterocycles. The quantitative estimate of drug-likeness (QED) is 0.165.